The van der Waals surface area contributed by atoms with Crippen molar-refractivity contribution in [3.8, 4) is 11.3 Å². The monoisotopic (exact) mass is 332 g/mol. The molecule has 0 spiro atoms. The first kappa shape index (κ1) is 17.7. The van der Waals surface area contributed by atoms with Gasteiger partial charge in [0.05, 0.1) is 25.5 Å². The third-order valence-electron chi connectivity index (χ3n) is 3.32. The van der Waals surface area contributed by atoms with E-state index in [-0.39, 0.29) is 31.0 Å². The third-order valence-corrected chi connectivity index (χ3v) is 3.32. The van der Waals surface area contributed by atoms with Crippen LogP contribution in [0.25, 0.3) is 11.3 Å². The Morgan fingerprint density at radius 2 is 1.79 bits per heavy atom. The van der Waals surface area contributed by atoms with Crippen LogP contribution in [0.2, 0.25) is 0 Å². The van der Waals surface area contributed by atoms with E-state index in [0.717, 1.165) is 0 Å². The minimum Gasteiger partial charge on any atom is -0.465 e. The Labute approximate surface area is 139 Å². The van der Waals surface area contributed by atoms with E-state index in [1.165, 1.54) is 4.68 Å². The van der Waals surface area contributed by atoms with Crippen LogP contribution in [0.1, 0.15) is 29.9 Å². The van der Waals surface area contributed by atoms with E-state index < -0.39 is 18.5 Å². The smallest absolute Gasteiger partial charge is 0.342 e. The Morgan fingerprint density at radius 1 is 1.12 bits per heavy atom. The summed E-state index contributed by atoms with van der Waals surface area (Å²) in [7, 11) is 0. The number of ether oxygens (including phenoxy) is 2. The lowest BCUT2D eigenvalue weighted by Crippen LogP contribution is -2.17. The number of nitrogens with zero attached hydrogens (tertiary/aromatic N) is 2. The number of esters is 2. The molecule has 0 amide bonds. The van der Waals surface area contributed by atoms with Crippen molar-refractivity contribution in [3.05, 3.63) is 41.6 Å². The van der Waals surface area contributed by atoms with Crippen molar-refractivity contribution in [1.82, 2.24) is 9.78 Å². The van der Waals surface area contributed by atoms with Crippen LogP contribution in [-0.2, 0) is 27.4 Å². The van der Waals surface area contributed by atoms with Crippen LogP contribution in [-0.4, -0.2) is 40.0 Å². The highest BCUT2D eigenvalue weighted by Gasteiger charge is 2.26. The maximum Gasteiger partial charge on any atom is 0.342 e. The van der Waals surface area contributed by atoms with E-state index in [1.807, 2.05) is 18.2 Å². The van der Waals surface area contributed by atoms with Crippen LogP contribution in [0, 0.1) is 0 Å². The zero-order chi connectivity index (χ0) is 17.5. The van der Waals surface area contributed by atoms with Gasteiger partial charge in [0.15, 0.2) is 0 Å². The molecule has 0 bridgehead atoms. The Kier molecular flexibility index (Phi) is 6.08. The van der Waals surface area contributed by atoms with E-state index >= 15 is 0 Å². The van der Waals surface area contributed by atoms with Crippen molar-refractivity contribution in [1.29, 1.82) is 0 Å². The van der Waals surface area contributed by atoms with Gasteiger partial charge < -0.3 is 14.6 Å². The molecular formula is C17H20N2O5. The first-order valence-corrected chi connectivity index (χ1v) is 7.71. The van der Waals surface area contributed by atoms with Crippen LogP contribution >= 0.6 is 0 Å². The zero-order valence-corrected chi connectivity index (χ0v) is 13.7. The summed E-state index contributed by atoms with van der Waals surface area (Å²) in [6.07, 6.45) is 0. The van der Waals surface area contributed by atoms with E-state index in [0.29, 0.717) is 11.3 Å². The lowest BCUT2D eigenvalue weighted by atomic mass is 10.1. The topological polar surface area (TPSA) is 90.7 Å². The van der Waals surface area contributed by atoms with Gasteiger partial charge in [-0.1, -0.05) is 30.3 Å². The fourth-order valence-electron chi connectivity index (χ4n) is 2.33. The van der Waals surface area contributed by atoms with Gasteiger partial charge in [0.2, 0.25) is 0 Å². The molecule has 24 heavy (non-hydrogen) atoms. The fraction of sp³-hybridized carbons (Fsp3) is 0.353. The van der Waals surface area contributed by atoms with Gasteiger partial charge in [-0.05, 0) is 13.8 Å². The molecule has 0 saturated heterocycles. The summed E-state index contributed by atoms with van der Waals surface area (Å²) in [5.74, 6) is -1.08. The summed E-state index contributed by atoms with van der Waals surface area (Å²) in [6.45, 7) is 3.19. The predicted molar refractivity (Wildman–Crippen MR) is 86.2 cm³/mol. The maximum atomic E-state index is 12.3. The largest absolute Gasteiger partial charge is 0.465 e. The van der Waals surface area contributed by atoms with E-state index in [4.69, 9.17) is 9.47 Å². The van der Waals surface area contributed by atoms with Gasteiger partial charge >= 0.3 is 11.9 Å². The average Bonchev–Trinajstić information content (AvgIpc) is 2.94. The van der Waals surface area contributed by atoms with E-state index in [9.17, 15) is 14.7 Å². The molecule has 0 unspecified atom stereocenters. The number of hydrogen-bond acceptors (Lipinski definition) is 6. The molecule has 0 fully saturated rings. The molecule has 0 atom stereocenters. The molecule has 1 N–H and O–H groups in total. The number of aliphatic hydroxyl groups excluding tert-OH is 1. The highest BCUT2D eigenvalue weighted by Crippen LogP contribution is 2.26. The number of benzene rings is 1. The first-order valence-electron chi connectivity index (χ1n) is 7.71. The Morgan fingerprint density at radius 3 is 2.38 bits per heavy atom. The third kappa shape index (κ3) is 3.80. The van der Waals surface area contributed by atoms with Crippen LogP contribution in [0.4, 0.5) is 0 Å². The number of rotatable bonds is 7. The summed E-state index contributed by atoms with van der Waals surface area (Å²) in [5, 5.41) is 14.0. The highest BCUT2D eigenvalue weighted by molar-refractivity contribution is 5.97. The summed E-state index contributed by atoms with van der Waals surface area (Å²) < 4.78 is 11.3. The zero-order valence-electron chi connectivity index (χ0n) is 13.7. The average molecular weight is 332 g/mol. The van der Waals surface area contributed by atoms with Gasteiger partial charge in [0, 0.05) is 5.56 Å². The summed E-state index contributed by atoms with van der Waals surface area (Å²) in [6, 6.07) is 9.05. The number of aliphatic hydroxyl groups is 1. The van der Waals surface area contributed by atoms with Gasteiger partial charge in [0.1, 0.15) is 17.8 Å². The SMILES string of the molecule is CCOC(=O)Cn1nc(-c2ccccc2)c(C(=O)OCC)c1CO. The molecule has 7 nitrogen and oxygen atoms in total. The first-order chi connectivity index (χ1) is 11.6. The van der Waals surface area contributed by atoms with Crippen LogP contribution in [0.5, 0.6) is 0 Å². The molecule has 0 aliphatic rings. The normalized spacial score (nSPS) is 10.5. The van der Waals surface area contributed by atoms with Gasteiger partial charge in [0.25, 0.3) is 0 Å². The van der Waals surface area contributed by atoms with Gasteiger partial charge in [-0.2, -0.15) is 5.10 Å². The van der Waals surface area contributed by atoms with Crippen molar-refractivity contribution in [2.75, 3.05) is 13.2 Å². The van der Waals surface area contributed by atoms with E-state index in [2.05, 4.69) is 5.10 Å². The maximum absolute atomic E-state index is 12.3. The van der Waals surface area contributed by atoms with Gasteiger partial charge in [-0.3, -0.25) is 9.48 Å². The quantitative estimate of drug-likeness (QED) is 0.777. The molecule has 128 valence electrons. The molecular weight excluding hydrogens is 312 g/mol. The second-order valence-corrected chi connectivity index (χ2v) is 4.88. The Bertz CT molecular complexity index is 709. The molecule has 7 heteroatoms. The van der Waals surface area contributed by atoms with Crippen LogP contribution in [0.3, 0.4) is 0 Å². The molecule has 2 rings (SSSR count). The molecule has 0 aliphatic carbocycles. The van der Waals surface area contributed by atoms with Gasteiger partial charge in [-0.15, -0.1) is 0 Å². The number of aromatic nitrogens is 2. The Balaban J connectivity index is 2.53. The minimum absolute atomic E-state index is 0.162. The number of carbonyl (C=O) groups excluding carboxylic acids is 2. The molecule has 0 aliphatic heterocycles. The number of carbonyl (C=O) groups is 2. The van der Waals surface area contributed by atoms with Crippen molar-refractivity contribution >= 4 is 11.9 Å². The summed E-state index contributed by atoms with van der Waals surface area (Å²) in [4.78, 5) is 24.1. The van der Waals surface area contributed by atoms with Gasteiger partial charge in [-0.25, -0.2) is 4.79 Å². The molecule has 1 heterocycles. The molecule has 1 aromatic heterocycles. The fourth-order valence-corrected chi connectivity index (χ4v) is 2.33. The van der Waals surface area contributed by atoms with Crippen molar-refractivity contribution < 1.29 is 24.2 Å². The lowest BCUT2D eigenvalue weighted by Gasteiger charge is -2.07. The molecule has 1 aromatic carbocycles. The summed E-state index contributed by atoms with van der Waals surface area (Å²) >= 11 is 0. The van der Waals surface area contributed by atoms with Crippen molar-refractivity contribution in [2.24, 2.45) is 0 Å². The predicted octanol–water partition coefficient (Wildman–Crippen LogP) is 1.78. The second-order valence-electron chi connectivity index (χ2n) is 4.88. The minimum atomic E-state index is -0.587. The van der Waals surface area contributed by atoms with E-state index in [1.54, 1.807) is 26.0 Å². The molecule has 0 radical (unpaired) electrons. The summed E-state index contributed by atoms with van der Waals surface area (Å²) in [5.41, 5.74) is 1.44. The van der Waals surface area contributed by atoms with Crippen molar-refractivity contribution in [3.63, 3.8) is 0 Å². The standard InChI is InChI=1S/C17H20N2O5/c1-3-23-14(21)10-19-13(11-20)15(17(22)24-4-2)16(18-19)12-8-6-5-7-9-12/h5-9,20H,3-4,10-11H2,1-2H3. The second kappa shape index (κ2) is 8.26. The molecule has 2 aromatic rings. The Hall–Kier alpha value is -2.67. The lowest BCUT2D eigenvalue weighted by molar-refractivity contribution is -0.144. The van der Waals surface area contributed by atoms with Crippen molar-refractivity contribution in [2.45, 2.75) is 27.0 Å². The highest BCUT2D eigenvalue weighted by atomic mass is 16.5. The van der Waals surface area contributed by atoms with Crippen LogP contribution in [0.15, 0.2) is 30.3 Å². The number of hydrogen-bond donors (Lipinski definition) is 1. The van der Waals surface area contributed by atoms with Crippen LogP contribution < -0.4 is 0 Å². The molecule has 0 saturated carbocycles.